The molecule has 0 amide bonds. The summed E-state index contributed by atoms with van der Waals surface area (Å²) >= 11 is 1.66. The Hall–Kier alpha value is -1.13. The smallest absolute Gasteiger partial charge is 0.328 e. The van der Waals surface area contributed by atoms with Gasteiger partial charge in [0, 0.05) is 23.5 Å². The van der Waals surface area contributed by atoms with Crippen molar-refractivity contribution in [1.82, 2.24) is 4.90 Å². The first-order valence-corrected chi connectivity index (χ1v) is 6.06. The fourth-order valence-electron chi connectivity index (χ4n) is 1.20. The number of carboxylic acid groups (broad SMARTS) is 1. The Morgan fingerprint density at radius 1 is 1.62 bits per heavy atom. The van der Waals surface area contributed by atoms with E-state index < -0.39 is 5.97 Å². The van der Waals surface area contributed by atoms with Gasteiger partial charge in [-0.15, -0.1) is 11.3 Å². The number of rotatable bonds is 5. The number of aliphatic carboxylic acids is 1. The van der Waals surface area contributed by atoms with Gasteiger partial charge >= 0.3 is 5.97 Å². The molecule has 0 atom stereocenters. The highest BCUT2D eigenvalue weighted by molar-refractivity contribution is 7.10. The zero-order chi connectivity index (χ0) is 12.1. The molecule has 88 valence electrons. The van der Waals surface area contributed by atoms with Gasteiger partial charge in [0.1, 0.15) is 0 Å². The van der Waals surface area contributed by atoms with Crippen molar-refractivity contribution in [3.05, 3.63) is 28.0 Å². The third kappa shape index (κ3) is 3.79. The lowest BCUT2D eigenvalue weighted by atomic mass is 10.2. The summed E-state index contributed by atoms with van der Waals surface area (Å²) < 4.78 is 0. The Morgan fingerprint density at radius 3 is 2.88 bits per heavy atom. The van der Waals surface area contributed by atoms with Crippen LogP contribution in [0.4, 0.5) is 0 Å². The third-order valence-corrected chi connectivity index (χ3v) is 3.38. The Bertz CT molecular complexity index is 382. The average Bonchev–Trinajstić information content (AvgIpc) is 2.62. The largest absolute Gasteiger partial charge is 0.478 e. The van der Waals surface area contributed by atoms with Crippen molar-refractivity contribution in [1.29, 1.82) is 0 Å². The molecule has 1 aromatic rings. The number of carbonyl (C=O) groups is 1. The quantitative estimate of drug-likeness (QED) is 0.803. The molecule has 1 N–H and O–H groups in total. The second-order valence-corrected chi connectivity index (χ2v) is 4.98. The molecule has 16 heavy (non-hydrogen) atoms. The van der Waals surface area contributed by atoms with E-state index in [-0.39, 0.29) is 0 Å². The van der Waals surface area contributed by atoms with Crippen molar-refractivity contribution in [2.45, 2.75) is 26.4 Å². The van der Waals surface area contributed by atoms with Gasteiger partial charge in [-0.1, -0.05) is 0 Å². The molecule has 0 saturated carbocycles. The van der Waals surface area contributed by atoms with Gasteiger partial charge in [0.05, 0.1) is 0 Å². The Morgan fingerprint density at radius 2 is 2.31 bits per heavy atom. The van der Waals surface area contributed by atoms with E-state index in [0.29, 0.717) is 6.04 Å². The molecule has 0 aliphatic heterocycles. The highest BCUT2D eigenvalue weighted by Crippen LogP contribution is 2.20. The molecular weight excluding hydrogens is 222 g/mol. The molecule has 0 radical (unpaired) electrons. The summed E-state index contributed by atoms with van der Waals surface area (Å²) in [6.07, 6.45) is 2.84. The normalized spacial score (nSPS) is 11.8. The van der Waals surface area contributed by atoms with E-state index in [0.717, 1.165) is 12.1 Å². The van der Waals surface area contributed by atoms with Gasteiger partial charge in [0.25, 0.3) is 0 Å². The molecular formula is C12H17NO2S. The average molecular weight is 239 g/mol. The second-order valence-electron chi connectivity index (χ2n) is 3.98. The molecule has 1 aromatic heterocycles. The van der Waals surface area contributed by atoms with E-state index in [1.807, 2.05) is 11.4 Å². The number of thiophene rings is 1. The van der Waals surface area contributed by atoms with Crippen LogP contribution in [0.25, 0.3) is 6.08 Å². The van der Waals surface area contributed by atoms with Crippen LogP contribution in [0, 0.1) is 0 Å². The molecule has 1 rings (SSSR count). The van der Waals surface area contributed by atoms with Crippen molar-refractivity contribution in [3.63, 3.8) is 0 Å². The van der Waals surface area contributed by atoms with E-state index in [2.05, 4.69) is 25.8 Å². The van der Waals surface area contributed by atoms with Crippen molar-refractivity contribution >= 4 is 23.4 Å². The maximum atomic E-state index is 10.4. The first-order valence-electron chi connectivity index (χ1n) is 5.18. The fourth-order valence-corrected chi connectivity index (χ4v) is 2.13. The van der Waals surface area contributed by atoms with Crippen LogP contribution in [0.2, 0.25) is 0 Å². The topological polar surface area (TPSA) is 40.5 Å². The minimum Gasteiger partial charge on any atom is -0.478 e. The molecule has 0 fully saturated rings. The summed E-state index contributed by atoms with van der Waals surface area (Å²) in [5.41, 5.74) is 1.000. The predicted octanol–water partition coefficient (Wildman–Crippen LogP) is 2.69. The van der Waals surface area contributed by atoms with E-state index in [1.165, 1.54) is 11.0 Å². The zero-order valence-electron chi connectivity index (χ0n) is 9.80. The summed E-state index contributed by atoms with van der Waals surface area (Å²) in [4.78, 5) is 13.9. The molecule has 1 heterocycles. The van der Waals surface area contributed by atoms with Gasteiger partial charge in [-0.2, -0.15) is 0 Å². The van der Waals surface area contributed by atoms with Crippen molar-refractivity contribution in [2.75, 3.05) is 7.05 Å². The summed E-state index contributed by atoms with van der Waals surface area (Å²) in [6.45, 7) is 5.13. The first-order chi connectivity index (χ1) is 7.50. The molecule has 0 spiro atoms. The lowest BCUT2D eigenvalue weighted by Crippen LogP contribution is -2.25. The lowest BCUT2D eigenvalue weighted by Gasteiger charge is -2.20. The highest BCUT2D eigenvalue weighted by atomic mass is 32.1. The fraction of sp³-hybridized carbons (Fsp3) is 0.417. The summed E-state index contributed by atoms with van der Waals surface area (Å²) in [6, 6.07) is 2.44. The molecule has 3 nitrogen and oxygen atoms in total. The SMILES string of the molecule is CC(C)N(C)Cc1sccc1C=CC(=O)O. The summed E-state index contributed by atoms with van der Waals surface area (Å²) in [5, 5.41) is 10.6. The Kier molecular flexibility index (Phi) is 4.71. The molecule has 0 bridgehead atoms. The number of carboxylic acids is 1. The highest BCUT2D eigenvalue weighted by Gasteiger charge is 2.08. The molecule has 0 aromatic carbocycles. The Labute approximate surface area is 100 Å². The van der Waals surface area contributed by atoms with Gasteiger partial charge in [-0.05, 0) is 44.0 Å². The van der Waals surface area contributed by atoms with E-state index in [4.69, 9.17) is 5.11 Å². The monoisotopic (exact) mass is 239 g/mol. The van der Waals surface area contributed by atoms with Crippen LogP contribution < -0.4 is 0 Å². The Balaban J connectivity index is 2.74. The minimum atomic E-state index is -0.908. The van der Waals surface area contributed by atoms with Gasteiger partial charge in [-0.25, -0.2) is 4.79 Å². The van der Waals surface area contributed by atoms with Gasteiger partial charge in [0.15, 0.2) is 0 Å². The molecule has 0 aliphatic carbocycles. The molecule has 0 unspecified atom stereocenters. The number of hydrogen-bond acceptors (Lipinski definition) is 3. The minimum absolute atomic E-state index is 0.485. The zero-order valence-corrected chi connectivity index (χ0v) is 10.6. The van der Waals surface area contributed by atoms with Crippen LogP contribution >= 0.6 is 11.3 Å². The van der Waals surface area contributed by atoms with Crippen LogP contribution in [0.15, 0.2) is 17.5 Å². The lowest BCUT2D eigenvalue weighted by molar-refractivity contribution is -0.131. The second kappa shape index (κ2) is 5.82. The standard InChI is InChI=1S/C12H17NO2S/c1-9(2)13(3)8-11-10(6-7-16-11)4-5-12(14)15/h4-7,9H,8H2,1-3H3,(H,14,15). The third-order valence-electron chi connectivity index (χ3n) is 2.46. The van der Waals surface area contributed by atoms with Crippen LogP contribution in [0.5, 0.6) is 0 Å². The molecule has 0 saturated heterocycles. The predicted molar refractivity (Wildman–Crippen MR) is 67.6 cm³/mol. The van der Waals surface area contributed by atoms with Crippen molar-refractivity contribution < 1.29 is 9.90 Å². The first kappa shape index (κ1) is 12.9. The van der Waals surface area contributed by atoms with Crippen molar-refractivity contribution in [3.8, 4) is 0 Å². The van der Waals surface area contributed by atoms with Crippen LogP contribution in [-0.4, -0.2) is 29.1 Å². The van der Waals surface area contributed by atoms with E-state index >= 15 is 0 Å². The van der Waals surface area contributed by atoms with Gasteiger partial charge < -0.3 is 5.11 Å². The van der Waals surface area contributed by atoms with E-state index in [1.54, 1.807) is 17.4 Å². The number of hydrogen-bond donors (Lipinski definition) is 1. The van der Waals surface area contributed by atoms with Crippen LogP contribution in [0.3, 0.4) is 0 Å². The maximum Gasteiger partial charge on any atom is 0.328 e. The maximum absolute atomic E-state index is 10.4. The summed E-state index contributed by atoms with van der Waals surface area (Å²) in [7, 11) is 2.06. The summed E-state index contributed by atoms with van der Waals surface area (Å²) in [5.74, 6) is -0.908. The van der Waals surface area contributed by atoms with Gasteiger partial charge in [-0.3, -0.25) is 4.90 Å². The molecule has 0 aliphatic rings. The van der Waals surface area contributed by atoms with Crippen molar-refractivity contribution in [2.24, 2.45) is 0 Å². The van der Waals surface area contributed by atoms with Gasteiger partial charge in [0.2, 0.25) is 0 Å². The number of nitrogens with zero attached hydrogens (tertiary/aromatic N) is 1. The van der Waals surface area contributed by atoms with E-state index in [9.17, 15) is 4.79 Å². The van der Waals surface area contributed by atoms with Crippen LogP contribution in [0.1, 0.15) is 24.3 Å². The molecule has 4 heteroatoms. The van der Waals surface area contributed by atoms with Crippen LogP contribution in [-0.2, 0) is 11.3 Å².